The van der Waals surface area contributed by atoms with Crippen LogP contribution < -0.4 is 5.32 Å². The Hall–Kier alpha value is -0.0800. The van der Waals surface area contributed by atoms with E-state index in [9.17, 15) is 0 Å². The van der Waals surface area contributed by atoms with Crippen molar-refractivity contribution in [2.24, 2.45) is 5.92 Å². The van der Waals surface area contributed by atoms with Gasteiger partial charge in [0.05, 0.1) is 0 Å². The Bertz CT molecular complexity index is 171. The van der Waals surface area contributed by atoms with Crippen LogP contribution in [0.4, 0.5) is 0 Å². The van der Waals surface area contributed by atoms with Gasteiger partial charge >= 0.3 is 0 Å². The zero-order valence-corrected chi connectivity index (χ0v) is 11.0. The third-order valence-electron chi connectivity index (χ3n) is 3.37. The van der Waals surface area contributed by atoms with Crippen LogP contribution in [0.1, 0.15) is 46.5 Å². The van der Waals surface area contributed by atoms with Gasteiger partial charge < -0.3 is 10.2 Å². The second-order valence-electron chi connectivity index (χ2n) is 5.76. The van der Waals surface area contributed by atoms with Crippen LogP contribution >= 0.6 is 0 Å². The molecule has 1 rings (SSSR count). The second-order valence-corrected chi connectivity index (χ2v) is 5.76. The van der Waals surface area contributed by atoms with E-state index in [1.807, 2.05) is 0 Å². The molecule has 0 aromatic heterocycles. The van der Waals surface area contributed by atoms with Crippen molar-refractivity contribution in [3.05, 3.63) is 0 Å². The van der Waals surface area contributed by atoms with Gasteiger partial charge in [0, 0.05) is 18.6 Å². The Morgan fingerprint density at radius 2 is 1.87 bits per heavy atom. The molecule has 0 heterocycles. The third-order valence-corrected chi connectivity index (χ3v) is 3.37. The summed E-state index contributed by atoms with van der Waals surface area (Å²) in [4.78, 5) is 2.50. The van der Waals surface area contributed by atoms with E-state index in [2.05, 4.69) is 38.0 Å². The Kier molecular flexibility index (Phi) is 5.07. The van der Waals surface area contributed by atoms with Gasteiger partial charge in [0.25, 0.3) is 0 Å². The second kappa shape index (κ2) is 5.86. The Labute approximate surface area is 95.4 Å². The topological polar surface area (TPSA) is 15.3 Å². The molecule has 0 spiro atoms. The Morgan fingerprint density at radius 3 is 2.40 bits per heavy atom. The molecule has 1 N–H and O–H groups in total. The van der Waals surface area contributed by atoms with E-state index in [-0.39, 0.29) is 5.54 Å². The highest BCUT2D eigenvalue weighted by Gasteiger charge is 2.21. The first-order valence-corrected chi connectivity index (χ1v) is 6.47. The van der Waals surface area contributed by atoms with E-state index in [1.54, 1.807) is 0 Å². The summed E-state index contributed by atoms with van der Waals surface area (Å²) in [5, 5.41) is 3.54. The molecular formula is C13H28N2. The number of rotatable bonds is 6. The normalized spacial score (nSPS) is 19.0. The lowest BCUT2D eigenvalue weighted by molar-refractivity contribution is 0.210. The number of likely N-dealkylation sites (N-methyl/N-ethyl adjacent to an activating group) is 2. The highest BCUT2D eigenvalue weighted by Crippen LogP contribution is 2.25. The van der Waals surface area contributed by atoms with Crippen molar-refractivity contribution in [1.29, 1.82) is 0 Å². The molecule has 0 bridgehead atoms. The molecular weight excluding hydrogens is 184 g/mol. The third kappa shape index (κ3) is 4.98. The van der Waals surface area contributed by atoms with Crippen LogP contribution in [-0.2, 0) is 0 Å². The van der Waals surface area contributed by atoms with E-state index < -0.39 is 0 Å². The average Bonchev–Trinajstić information content (AvgIpc) is 2.54. The number of hydrogen-bond donors (Lipinski definition) is 1. The minimum atomic E-state index is 0.252. The molecule has 2 nitrogen and oxygen atoms in total. The minimum absolute atomic E-state index is 0.252. The molecule has 0 saturated heterocycles. The fraction of sp³-hybridized carbons (Fsp3) is 1.00. The van der Waals surface area contributed by atoms with Crippen molar-refractivity contribution >= 4 is 0 Å². The molecule has 0 amide bonds. The molecule has 0 atom stereocenters. The smallest absolute Gasteiger partial charge is 0.0251 e. The molecule has 2 heteroatoms. The minimum Gasteiger partial charge on any atom is -0.311 e. The standard InChI is InChI=1S/C13H28N2/c1-5-14-13(2,3)11-15(4)10-12-8-6-7-9-12/h12,14H,5-11H2,1-4H3. The predicted octanol–water partition coefficient (Wildman–Crippen LogP) is 2.50. The molecule has 1 aliphatic carbocycles. The molecule has 1 saturated carbocycles. The maximum atomic E-state index is 3.54. The average molecular weight is 212 g/mol. The summed E-state index contributed by atoms with van der Waals surface area (Å²) >= 11 is 0. The highest BCUT2D eigenvalue weighted by atomic mass is 15.1. The SMILES string of the molecule is CCNC(C)(C)CN(C)CC1CCCC1. The first-order chi connectivity index (χ1) is 7.03. The maximum absolute atomic E-state index is 3.54. The molecule has 0 radical (unpaired) electrons. The molecule has 0 aliphatic heterocycles. The van der Waals surface area contributed by atoms with Gasteiger partial charge in [-0.1, -0.05) is 19.8 Å². The fourth-order valence-electron chi connectivity index (χ4n) is 2.91. The van der Waals surface area contributed by atoms with Gasteiger partial charge in [-0.3, -0.25) is 0 Å². The largest absolute Gasteiger partial charge is 0.311 e. The quantitative estimate of drug-likeness (QED) is 0.728. The van der Waals surface area contributed by atoms with E-state index in [4.69, 9.17) is 0 Å². The van der Waals surface area contributed by atoms with Crippen molar-refractivity contribution in [2.45, 2.75) is 52.0 Å². The number of nitrogens with one attached hydrogen (secondary N) is 1. The van der Waals surface area contributed by atoms with Crippen LogP contribution in [-0.4, -0.2) is 37.1 Å². The Morgan fingerprint density at radius 1 is 1.27 bits per heavy atom. The summed E-state index contributed by atoms with van der Waals surface area (Å²) in [5.41, 5.74) is 0.252. The summed E-state index contributed by atoms with van der Waals surface area (Å²) < 4.78 is 0. The van der Waals surface area contributed by atoms with E-state index in [0.29, 0.717) is 0 Å². The summed E-state index contributed by atoms with van der Waals surface area (Å²) in [6, 6.07) is 0. The lowest BCUT2D eigenvalue weighted by Gasteiger charge is -2.32. The zero-order chi connectivity index (χ0) is 11.3. The molecule has 15 heavy (non-hydrogen) atoms. The van der Waals surface area contributed by atoms with Crippen LogP contribution in [0.15, 0.2) is 0 Å². The predicted molar refractivity (Wildman–Crippen MR) is 67.2 cm³/mol. The fourth-order valence-corrected chi connectivity index (χ4v) is 2.91. The van der Waals surface area contributed by atoms with E-state index >= 15 is 0 Å². The summed E-state index contributed by atoms with van der Waals surface area (Å²) in [7, 11) is 2.26. The maximum Gasteiger partial charge on any atom is 0.0251 e. The van der Waals surface area contributed by atoms with E-state index in [1.165, 1.54) is 32.2 Å². The summed E-state index contributed by atoms with van der Waals surface area (Å²) in [5.74, 6) is 0.965. The molecule has 1 fully saturated rings. The van der Waals surface area contributed by atoms with Gasteiger partial charge in [-0.15, -0.1) is 0 Å². The highest BCUT2D eigenvalue weighted by molar-refractivity contribution is 4.81. The monoisotopic (exact) mass is 212 g/mol. The van der Waals surface area contributed by atoms with Crippen LogP contribution in [0.5, 0.6) is 0 Å². The van der Waals surface area contributed by atoms with Gasteiger partial charge in [0.2, 0.25) is 0 Å². The molecule has 0 unspecified atom stereocenters. The van der Waals surface area contributed by atoms with Crippen molar-refractivity contribution in [2.75, 3.05) is 26.7 Å². The lowest BCUT2D eigenvalue weighted by Crippen LogP contribution is -2.48. The van der Waals surface area contributed by atoms with Gasteiger partial charge in [0.15, 0.2) is 0 Å². The number of nitrogens with zero attached hydrogens (tertiary/aromatic N) is 1. The van der Waals surface area contributed by atoms with E-state index in [0.717, 1.165) is 19.0 Å². The van der Waals surface area contributed by atoms with Gasteiger partial charge in [0.1, 0.15) is 0 Å². The van der Waals surface area contributed by atoms with Crippen LogP contribution in [0.2, 0.25) is 0 Å². The van der Waals surface area contributed by atoms with Crippen molar-refractivity contribution in [1.82, 2.24) is 10.2 Å². The van der Waals surface area contributed by atoms with Crippen molar-refractivity contribution in [3.63, 3.8) is 0 Å². The van der Waals surface area contributed by atoms with Crippen LogP contribution in [0.3, 0.4) is 0 Å². The van der Waals surface area contributed by atoms with Crippen molar-refractivity contribution < 1.29 is 0 Å². The zero-order valence-electron chi connectivity index (χ0n) is 11.0. The summed E-state index contributed by atoms with van der Waals surface area (Å²) in [6.45, 7) is 10.3. The molecule has 0 aromatic carbocycles. The molecule has 90 valence electrons. The van der Waals surface area contributed by atoms with Gasteiger partial charge in [-0.25, -0.2) is 0 Å². The van der Waals surface area contributed by atoms with Crippen LogP contribution in [0, 0.1) is 5.92 Å². The van der Waals surface area contributed by atoms with Crippen molar-refractivity contribution in [3.8, 4) is 0 Å². The molecule has 0 aromatic rings. The first kappa shape index (κ1) is 13.0. The summed E-state index contributed by atoms with van der Waals surface area (Å²) in [6.07, 6.45) is 5.81. The lowest BCUT2D eigenvalue weighted by atomic mass is 10.0. The van der Waals surface area contributed by atoms with Gasteiger partial charge in [-0.05, 0) is 46.2 Å². The molecule has 1 aliphatic rings. The number of hydrogen-bond acceptors (Lipinski definition) is 2. The van der Waals surface area contributed by atoms with Crippen LogP contribution in [0.25, 0.3) is 0 Å². The Balaban J connectivity index is 2.24. The first-order valence-electron chi connectivity index (χ1n) is 6.47. The van der Waals surface area contributed by atoms with Gasteiger partial charge in [-0.2, -0.15) is 0 Å².